The van der Waals surface area contributed by atoms with Gasteiger partial charge in [-0.15, -0.1) is 0 Å². The fourth-order valence-corrected chi connectivity index (χ4v) is 3.56. The molecular weight excluding hydrogens is 267 g/mol. The van der Waals surface area contributed by atoms with E-state index in [4.69, 9.17) is 4.74 Å². The van der Waals surface area contributed by atoms with Crippen molar-refractivity contribution in [2.45, 2.75) is 20.7 Å². The van der Waals surface area contributed by atoms with Crippen LogP contribution in [-0.4, -0.2) is 26.4 Å². The van der Waals surface area contributed by atoms with Gasteiger partial charge in [0.05, 0.1) is 0 Å². The van der Waals surface area contributed by atoms with E-state index in [-0.39, 0.29) is 0 Å². The van der Waals surface area contributed by atoms with E-state index in [0.29, 0.717) is 0 Å². The molecule has 0 aliphatic rings. The molecule has 0 N–H and O–H groups in total. The van der Waals surface area contributed by atoms with E-state index in [0.717, 1.165) is 12.4 Å². The number of hydrogen-bond acceptors (Lipinski definition) is 1. The molecule has 1 rings (SSSR count). The third-order valence-corrected chi connectivity index (χ3v) is 5.70. The Hall–Kier alpha value is -0.181. The summed E-state index contributed by atoms with van der Waals surface area (Å²) in [6, 6.07) is 10.1. The SMILES string of the molecule is [CH3][Sn]([CH3])[CH2]CCOc1ccccc1. The molecule has 71 valence electrons. The first-order chi connectivity index (χ1) is 6.29. The van der Waals surface area contributed by atoms with E-state index in [1.807, 2.05) is 30.3 Å². The van der Waals surface area contributed by atoms with Crippen LogP contribution < -0.4 is 4.74 Å². The van der Waals surface area contributed by atoms with Crippen LogP contribution in [0, 0.1) is 0 Å². The Labute approximate surface area is 87.9 Å². The topological polar surface area (TPSA) is 9.23 Å². The van der Waals surface area contributed by atoms with Gasteiger partial charge in [-0.25, -0.2) is 0 Å². The summed E-state index contributed by atoms with van der Waals surface area (Å²) >= 11 is -0.856. The van der Waals surface area contributed by atoms with E-state index in [1.54, 1.807) is 0 Å². The number of rotatable bonds is 5. The molecule has 0 atom stereocenters. The second-order valence-corrected chi connectivity index (χ2v) is 11.8. The molecule has 0 saturated heterocycles. The molecule has 2 heteroatoms. The van der Waals surface area contributed by atoms with Gasteiger partial charge in [0.25, 0.3) is 0 Å². The van der Waals surface area contributed by atoms with Crippen LogP contribution in [0.15, 0.2) is 30.3 Å². The van der Waals surface area contributed by atoms with Crippen LogP contribution in [0.4, 0.5) is 0 Å². The second kappa shape index (κ2) is 6.30. The maximum atomic E-state index is 5.59. The first kappa shape index (κ1) is 10.9. The molecular formula is C11H17OSn. The quantitative estimate of drug-likeness (QED) is 0.596. The summed E-state index contributed by atoms with van der Waals surface area (Å²) < 4.78 is 7.03. The molecule has 0 aliphatic carbocycles. The minimum atomic E-state index is -0.856. The zero-order valence-corrected chi connectivity index (χ0v) is 11.3. The summed E-state index contributed by atoms with van der Waals surface area (Å²) in [7, 11) is 0. The van der Waals surface area contributed by atoms with E-state index in [9.17, 15) is 0 Å². The monoisotopic (exact) mass is 285 g/mol. The van der Waals surface area contributed by atoms with Crippen molar-refractivity contribution in [1.29, 1.82) is 0 Å². The molecule has 13 heavy (non-hydrogen) atoms. The average molecular weight is 284 g/mol. The van der Waals surface area contributed by atoms with Crippen molar-refractivity contribution >= 4 is 19.8 Å². The molecule has 0 aromatic heterocycles. The van der Waals surface area contributed by atoms with Gasteiger partial charge >= 0.3 is 87.9 Å². The third-order valence-electron chi connectivity index (χ3n) is 1.83. The first-order valence-electron chi connectivity index (χ1n) is 4.76. The number of hydrogen-bond donors (Lipinski definition) is 0. The van der Waals surface area contributed by atoms with Crippen molar-refractivity contribution in [3.8, 4) is 5.75 Å². The van der Waals surface area contributed by atoms with Crippen LogP contribution in [0.1, 0.15) is 6.42 Å². The molecule has 1 nitrogen and oxygen atoms in total. The average Bonchev–Trinajstić information content (AvgIpc) is 2.14. The zero-order chi connectivity index (χ0) is 9.52. The van der Waals surface area contributed by atoms with Gasteiger partial charge < -0.3 is 0 Å². The van der Waals surface area contributed by atoms with Crippen LogP contribution in [0.2, 0.25) is 14.3 Å². The maximum absolute atomic E-state index is 5.59. The molecule has 1 aromatic rings. The summed E-state index contributed by atoms with van der Waals surface area (Å²) in [5.41, 5.74) is 0. The molecule has 0 amide bonds. The third kappa shape index (κ3) is 5.19. The molecule has 0 aliphatic heterocycles. The van der Waals surface area contributed by atoms with E-state index in [1.165, 1.54) is 10.9 Å². The van der Waals surface area contributed by atoms with Crippen molar-refractivity contribution in [2.24, 2.45) is 0 Å². The number of benzene rings is 1. The van der Waals surface area contributed by atoms with Crippen LogP contribution in [0.3, 0.4) is 0 Å². The Morgan fingerprint density at radius 2 is 1.85 bits per heavy atom. The Balaban J connectivity index is 2.13. The van der Waals surface area contributed by atoms with Crippen LogP contribution >= 0.6 is 0 Å². The van der Waals surface area contributed by atoms with E-state index in [2.05, 4.69) is 9.88 Å². The molecule has 0 spiro atoms. The summed E-state index contributed by atoms with van der Waals surface area (Å²) in [5.74, 6) is 1.000. The van der Waals surface area contributed by atoms with E-state index >= 15 is 0 Å². The van der Waals surface area contributed by atoms with Crippen LogP contribution in [0.5, 0.6) is 5.75 Å². The van der Waals surface area contributed by atoms with Gasteiger partial charge in [-0.3, -0.25) is 0 Å². The Bertz CT molecular complexity index is 221. The van der Waals surface area contributed by atoms with Gasteiger partial charge in [0.2, 0.25) is 0 Å². The molecule has 0 bridgehead atoms. The van der Waals surface area contributed by atoms with Gasteiger partial charge in [0, 0.05) is 0 Å². The molecule has 1 radical (unpaired) electrons. The van der Waals surface area contributed by atoms with E-state index < -0.39 is 19.8 Å². The fourth-order valence-electron chi connectivity index (χ4n) is 1.13. The molecule has 0 unspecified atom stereocenters. The van der Waals surface area contributed by atoms with Crippen molar-refractivity contribution in [1.82, 2.24) is 0 Å². The van der Waals surface area contributed by atoms with Gasteiger partial charge in [0.1, 0.15) is 0 Å². The summed E-state index contributed by atoms with van der Waals surface area (Å²) in [6.07, 6.45) is 1.23. The predicted molar refractivity (Wildman–Crippen MR) is 58.8 cm³/mol. The predicted octanol–water partition coefficient (Wildman–Crippen LogP) is 3.21. The first-order valence-corrected chi connectivity index (χ1v) is 12.5. The van der Waals surface area contributed by atoms with Crippen molar-refractivity contribution < 1.29 is 4.74 Å². The van der Waals surface area contributed by atoms with Crippen LogP contribution in [0.25, 0.3) is 0 Å². The summed E-state index contributed by atoms with van der Waals surface area (Å²) in [4.78, 5) is 4.87. The Kier molecular flexibility index (Phi) is 5.28. The van der Waals surface area contributed by atoms with Crippen molar-refractivity contribution in [3.63, 3.8) is 0 Å². The molecule has 0 saturated carbocycles. The fraction of sp³-hybridized carbons (Fsp3) is 0.455. The minimum absolute atomic E-state index is 0.856. The number of para-hydroxylation sites is 1. The number of ether oxygens (including phenoxy) is 1. The zero-order valence-electron chi connectivity index (χ0n) is 8.42. The summed E-state index contributed by atoms with van der Waals surface area (Å²) in [5, 5.41) is 0. The van der Waals surface area contributed by atoms with Crippen molar-refractivity contribution in [2.75, 3.05) is 6.61 Å². The van der Waals surface area contributed by atoms with Crippen molar-refractivity contribution in [3.05, 3.63) is 30.3 Å². The van der Waals surface area contributed by atoms with Gasteiger partial charge in [-0.1, -0.05) is 0 Å². The molecule has 0 heterocycles. The van der Waals surface area contributed by atoms with Gasteiger partial charge in [-0.05, 0) is 0 Å². The molecule has 1 aromatic carbocycles. The molecule has 0 fully saturated rings. The van der Waals surface area contributed by atoms with Gasteiger partial charge in [-0.2, -0.15) is 0 Å². The Morgan fingerprint density at radius 3 is 2.46 bits per heavy atom. The second-order valence-electron chi connectivity index (χ2n) is 3.47. The Morgan fingerprint density at radius 1 is 1.15 bits per heavy atom. The summed E-state index contributed by atoms with van der Waals surface area (Å²) in [6.45, 7) is 0.885. The normalized spacial score (nSPS) is 10.4. The van der Waals surface area contributed by atoms with Crippen LogP contribution in [-0.2, 0) is 0 Å². The standard InChI is InChI=1S/C9H11O.2CH3.Sn/c1-2-8-10-9-6-4-3-5-7-9;;;/h3-7H,1-2,8H2;2*1H3;. The van der Waals surface area contributed by atoms with Gasteiger partial charge in [0.15, 0.2) is 0 Å².